The molecule has 0 aromatic heterocycles. The summed E-state index contributed by atoms with van der Waals surface area (Å²) in [4.78, 5) is 10.9. The van der Waals surface area contributed by atoms with Crippen molar-refractivity contribution in [1.82, 2.24) is 0 Å². The molecule has 1 unspecified atom stereocenters. The highest BCUT2D eigenvalue weighted by Gasteiger charge is 2.11. The molecule has 0 saturated heterocycles. The van der Waals surface area contributed by atoms with Crippen LogP contribution >= 0.6 is 11.8 Å². The van der Waals surface area contributed by atoms with Crippen LogP contribution in [0.5, 0.6) is 0 Å². The van der Waals surface area contributed by atoms with Crippen molar-refractivity contribution in [3.63, 3.8) is 0 Å². The molecule has 70 valence electrons. The van der Waals surface area contributed by atoms with Gasteiger partial charge in [-0.15, -0.1) is 0 Å². The summed E-state index contributed by atoms with van der Waals surface area (Å²) in [6, 6.07) is 10.2. The van der Waals surface area contributed by atoms with E-state index in [2.05, 4.69) is 19.1 Å². The van der Waals surface area contributed by atoms with Gasteiger partial charge in [-0.2, -0.15) is 0 Å². The molecule has 0 N–H and O–H groups in total. The van der Waals surface area contributed by atoms with Crippen molar-refractivity contribution in [2.24, 2.45) is 0 Å². The van der Waals surface area contributed by atoms with Gasteiger partial charge < -0.3 is 0 Å². The van der Waals surface area contributed by atoms with Crippen molar-refractivity contribution >= 4 is 16.9 Å². The van der Waals surface area contributed by atoms with Gasteiger partial charge in [0.1, 0.15) is 0 Å². The van der Waals surface area contributed by atoms with Gasteiger partial charge >= 0.3 is 0 Å². The smallest absolute Gasteiger partial charge is 0.186 e. The molecular weight excluding hydrogens is 180 g/mol. The van der Waals surface area contributed by atoms with Gasteiger partial charge in [0.25, 0.3) is 0 Å². The average Bonchev–Trinajstić information content (AvgIpc) is 2.15. The van der Waals surface area contributed by atoms with Crippen molar-refractivity contribution in [2.45, 2.75) is 25.5 Å². The molecule has 1 rings (SSSR count). The highest BCUT2D eigenvalue weighted by molar-refractivity contribution is 8.13. The monoisotopic (exact) mass is 194 g/mol. The van der Waals surface area contributed by atoms with E-state index in [9.17, 15) is 4.79 Å². The molecule has 1 aromatic rings. The first-order chi connectivity index (χ1) is 6.24. The van der Waals surface area contributed by atoms with Crippen LogP contribution in [0.2, 0.25) is 0 Å². The lowest BCUT2D eigenvalue weighted by atomic mass is 10.1. The summed E-state index contributed by atoms with van der Waals surface area (Å²) in [6.45, 7) is 3.73. The topological polar surface area (TPSA) is 17.1 Å². The minimum Gasteiger partial charge on any atom is -0.288 e. The molecule has 0 aliphatic rings. The number of hydrogen-bond donors (Lipinski definition) is 0. The molecule has 2 heteroatoms. The molecule has 0 bridgehead atoms. The maximum absolute atomic E-state index is 10.9. The van der Waals surface area contributed by atoms with E-state index in [-0.39, 0.29) is 5.12 Å². The first kappa shape index (κ1) is 10.3. The van der Waals surface area contributed by atoms with Crippen LogP contribution in [0.1, 0.15) is 31.1 Å². The Morgan fingerprint density at radius 1 is 1.38 bits per heavy atom. The van der Waals surface area contributed by atoms with Gasteiger partial charge in [0.05, 0.1) is 0 Å². The molecule has 0 radical (unpaired) electrons. The van der Waals surface area contributed by atoms with E-state index >= 15 is 0 Å². The van der Waals surface area contributed by atoms with Crippen LogP contribution in [0.3, 0.4) is 0 Å². The second-order valence-corrected chi connectivity index (χ2v) is 4.30. The summed E-state index contributed by atoms with van der Waals surface area (Å²) in [7, 11) is 0. The molecule has 0 saturated carbocycles. The first-order valence-electron chi connectivity index (χ1n) is 4.46. The quantitative estimate of drug-likeness (QED) is 0.733. The zero-order valence-corrected chi connectivity index (χ0v) is 8.80. The fourth-order valence-electron chi connectivity index (χ4n) is 1.26. The van der Waals surface area contributed by atoms with E-state index < -0.39 is 0 Å². The van der Waals surface area contributed by atoms with Gasteiger partial charge in [-0.3, -0.25) is 4.79 Å². The minimum atomic E-state index is 0.190. The van der Waals surface area contributed by atoms with Gasteiger partial charge in [-0.1, -0.05) is 49.0 Å². The van der Waals surface area contributed by atoms with Crippen molar-refractivity contribution in [1.29, 1.82) is 0 Å². The molecule has 0 fully saturated rings. The molecular formula is C11H14OS. The van der Waals surface area contributed by atoms with Crippen molar-refractivity contribution < 1.29 is 4.79 Å². The predicted octanol–water partition coefficient (Wildman–Crippen LogP) is 3.42. The largest absolute Gasteiger partial charge is 0.288 e. The molecule has 0 spiro atoms. The van der Waals surface area contributed by atoms with Crippen LogP contribution < -0.4 is 0 Å². The number of thioether (sulfide) groups is 1. The second kappa shape index (κ2) is 5.07. The van der Waals surface area contributed by atoms with Crippen molar-refractivity contribution in [2.75, 3.05) is 0 Å². The van der Waals surface area contributed by atoms with Crippen molar-refractivity contribution in [3.05, 3.63) is 35.9 Å². The van der Waals surface area contributed by atoms with Gasteiger partial charge in [0.15, 0.2) is 5.12 Å². The Balaban J connectivity index is 2.73. The van der Waals surface area contributed by atoms with Gasteiger partial charge in [-0.25, -0.2) is 0 Å². The van der Waals surface area contributed by atoms with Crippen LogP contribution in [0.25, 0.3) is 0 Å². The van der Waals surface area contributed by atoms with Gasteiger partial charge in [0.2, 0.25) is 0 Å². The van der Waals surface area contributed by atoms with Crippen LogP contribution in [-0.2, 0) is 4.79 Å². The van der Waals surface area contributed by atoms with E-state index in [1.165, 1.54) is 17.3 Å². The molecule has 0 aliphatic heterocycles. The Hall–Kier alpha value is -0.760. The molecule has 13 heavy (non-hydrogen) atoms. The molecule has 1 nitrogen and oxygen atoms in total. The van der Waals surface area contributed by atoms with Crippen molar-refractivity contribution in [3.8, 4) is 0 Å². The Morgan fingerprint density at radius 2 is 2.00 bits per heavy atom. The predicted molar refractivity (Wildman–Crippen MR) is 57.7 cm³/mol. The molecule has 0 aliphatic carbocycles. The summed E-state index contributed by atoms with van der Waals surface area (Å²) in [5.74, 6) is 0. The summed E-state index contributed by atoms with van der Waals surface area (Å²) in [5, 5.41) is 0.509. The van der Waals surface area contributed by atoms with Crippen LogP contribution in [0.15, 0.2) is 30.3 Å². The standard InChI is InChI=1S/C11H14OS/c1-3-11(13-9(2)12)10-7-5-4-6-8-10/h4-8,11H,3H2,1-2H3. The van der Waals surface area contributed by atoms with Crippen LogP contribution in [0, 0.1) is 0 Å². The maximum atomic E-state index is 10.9. The fraction of sp³-hybridized carbons (Fsp3) is 0.364. The third-order valence-electron chi connectivity index (χ3n) is 1.85. The Bertz CT molecular complexity index is 269. The minimum absolute atomic E-state index is 0.190. The van der Waals surface area contributed by atoms with Crippen LogP contribution in [0.4, 0.5) is 0 Å². The number of carbonyl (C=O) groups excluding carboxylic acids is 1. The number of rotatable bonds is 3. The summed E-state index contributed by atoms with van der Waals surface area (Å²) in [6.07, 6.45) is 0.994. The molecule has 1 atom stereocenters. The number of hydrogen-bond acceptors (Lipinski definition) is 2. The van der Waals surface area contributed by atoms with Gasteiger partial charge in [-0.05, 0) is 12.0 Å². The first-order valence-corrected chi connectivity index (χ1v) is 5.34. The lowest BCUT2D eigenvalue weighted by Gasteiger charge is -2.11. The van der Waals surface area contributed by atoms with E-state index in [0.29, 0.717) is 5.25 Å². The van der Waals surface area contributed by atoms with E-state index in [1.807, 2.05) is 18.2 Å². The highest BCUT2D eigenvalue weighted by Crippen LogP contribution is 2.31. The molecule has 1 aromatic carbocycles. The van der Waals surface area contributed by atoms with E-state index in [4.69, 9.17) is 0 Å². The fourth-order valence-corrected chi connectivity index (χ4v) is 2.12. The van der Waals surface area contributed by atoms with Crippen LogP contribution in [-0.4, -0.2) is 5.12 Å². The lowest BCUT2D eigenvalue weighted by molar-refractivity contribution is -0.109. The molecule has 0 heterocycles. The van der Waals surface area contributed by atoms with Gasteiger partial charge in [0, 0.05) is 12.2 Å². The second-order valence-electron chi connectivity index (χ2n) is 2.92. The zero-order valence-electron chi connectivity index (χ0n) is 7.99. The van der Waals surface area contributed by atoms with E-state index in [1.54, 1.807) is 6.92 Å². The van der Waals surface area contributed by atoms with E-state index in [0.717, 1.165) is 6.42 Å². The summed E-state index contributed by atoms with van der Waals surface area (Å²) in [5.41, 5.74) is 1.24. The number of carbonyl (C=O) groups is 1. The Labute approximate surface area is 83.5 Å². The highest BCUT2D eigenvalue weighted by atomic mass is 32.2. The summed E-state index contributed by atoms with van der Waals surface area (Å²) >= 11 is 1.41. The normalized spacial score (nSPS) is 12.5. The third-order valence-corrected chi connectivity index (χ3v) is 3.07. The SMILES string of the molecule is CCC(SC(C)=O)c1ccccc1. The average molecular weight is 194 g/mol. The third kappa shape index (κ3) is 3.23. The lowest BCUT2D eigenvalue weighted by Crippen LogP contribution is -1.95. The zero-order chi connectivity index (χ0) is 9.68. The Kier molecular flexibility index (Phi) is 4.03. The maximum Gasteiger partial charge on any atom is 0.186 e. The molecule has 0 amide bonds. The Morgan fingerprint density at radius 3 is 2.46 bits per heavy atom. The summed E-state index contributed by atoms with van der Waals surface area (Å²) < 4.78 is 0. The number of benzene rings is 1.